The summed E-state index contributed by atoms with van der Waals surface area (Å²) in [5.41, 5.74) is 1.98. The van der Waals surface area contributed by atoms with Gasteiger partial charge in [-0.1, -0.05) is 21.8 Å². The molecule has 0 N–H and O–H groups in total. The lowest BCUT2D eigenvalue weighted by Gasteiger charge is -2.32. The van der Waals surface area contributed by atoms with Gasteiger partial charge in [0.25, 0.3) is 0 Å². The Kier molecular flexibility index (Phi) is 5.20. The van der Waals surface area contributed by atoms with Crippen LogP contribution in [0.1, 0.15) is 41.3 Å². The van der Waals surface area contributed by atoms with Crippen molar-refractivity contribution < 1.29 is 17.7 Å². The van der Waals surface area contributed by atoms with E-state index >= 15 is 0 Å². The second kappa shape index (κ2) is 7.63. The zero-order valence-corrected chi connectivity index (χ0v) is 16.1. The summed E-state index contributed by atoms with van der Waals surface area (Å²) in [4.78, 5) is 3.16. The highest BCUT2D eigenvalue weighted by Gasteiger charge is 2.30. The SMILES string of the molecule is Cc1cc(-c2snnc2[C@@H]2CCCN(Cc3ccc(C(F)(F)F)cc3)C2)on1. The molecule has 3 heterocycles. The predicted molar refractivity (Wildman–Crippen MR) is 98.8 cm³/mol. The zero-order valence-electron chi connectivity index (χ0n) is 15.2. The molecule has 0 bridgehead atoms. The maximum Gasteiger partial charge on any atom is 0.416 e. The first-order valence-electron chi connectivity index (χ1n) is 9.04. The van der Waals surface area contributed by atoms with Crippen LogP contribution in [0, 0.1) is 6.92 Å². The Morgan fingerprint density at radius 3 is 2.71 bits per heavy atom. The minimum atomic E-state index is -4.30. The molecule has 1 aromatic carbocycles. The summed E-state index contributed by atoms with van der Waals surface area (Å²) >= 11 is 1.30. The molecular weight excluding hydrogens is 389 g/mol. The average Bonchev–Trinajstić information content (AvgIpc) is 3.30. The third kappa shape index (κ3) is 4.10. The number of aromatic nitrogens is 3. The summed E-state index contributed by atoms with van der Waals surface area (Å²) in [7, 11) is 0. The van der Waals surface area contributed by atoms with Crippen LogP contribution in [0.3, 0.4) is 0 Å². The number of piperidine rings is 1. The molecule has 0 radical (unpaired) electrons. The molecular formula is C19H19F3N4OS. The van der Waals surface area contributed by atoms with Gasteiger partial charge in [-0.25, -0.2) is 0 Å². The van der Waals surface area contributed by atoms with Gasteiger partial charge >= 0.3 is 6.18 Å². The van der Waals surface area contributed by atoms with Gasteiger partial charge in [-0.3, -0.25) is 4.90 Å². The third-order valence-corrected chi connectivity index (χ3v) is 5.70. The summed E-state index contributed by atoms with van der Waals surface area (Å²) < 4.78 is 47.7. The minimum absolute atomic E-state index is 0.211. The molecule has 0 amide bonds. The number of hydrogen-bond acceptors (Lipinski definition) is 6. The van der Waals surface area contributed by atoms with Crippen molar-refractivity contribution in [3.8, 4) is 10.6 Å². The molecule has 4 rings (SSSR count). The van der Waals surface area contributed by atoms with Crippen LogP contribution < -0.4 is 0 Å². The molecule has 0 aliphatic carbocycles. The lowest BCUT2D eigenvalue weighted by atomic mass is 9.93. The Hall–Kier alpha value is -2.26. The van der Waals surface area contributed by atoms with Crippen LogP contribution in [-0.2, 0) is 12.7 Å². The van der Waals surface area contributed by atoms with Crippen molar-refractivity contribution in [3.05, 3.63) is 52.8 Å². The van der Waals surface area contributed by atoms with E-state index in [2.05, 4.69) is 19.6 Å². The number of nitrogens with zero attached hydrogens (tertiary/aromatic N) is 4. The number of benzene rings is 1. The lowest BCUT2D eigenvalue weighted by Crippen LogP contribution is -2.34. The fourth-order valence-corrected chi connectivity index (χ4v) is 4.28. The summed E-state index contributed by atoms with van der Waals surface area (Å²) in [6.45, 7) is 4.18. The van der Waals surface area contributed by atoms with E-state index < -0.39 is 11.7 Å². The van der Waals surface area contributed by atoms with E-state index in [0.29, 0.717) is 12.3 Å². The maximum atomic E-state index is 12.7. The van der Waals surface area contributed by atoms with E-state index in [0.717, 1.165) is 59.9 Å². The zero-order chi connectivity index (χ0) is 19.7. The van der Waals surface area contributed by atoms with Gasteiger partial charge in [0.1, 0.15) is 4.88 Å². The smallest absolute Gasteiger partial charge is 0.355 e. The van der Waals surface area contributed by atoms with Crippen LogP contribution in [0.5, 0.6) is 0 Å². The lowest BCUT2D eigenvalue weighted by molar-refractivity contribution is -0.137. The van der Waals surface area contributed by atoms with Crippen molar-refractivity contribution in [1.29, 1.82) is 0 Å². The van der Waals surface area contributed by atoms with Crippen molar-refractivity contribution in [1.82, 2.24) is 19.6 Å². The summed E-state index contributed by atoms with van der Waals surface area (Å²) in [6, 6.07) is 7.28. The third-order valence-electron chi connectivity index (χ3n) is 4.94. The molecule has 5 nitrogen and oxygen atoms in total. The minimum Gasteiger partial charge on any atom is -0.355 e. The summed E-state index contributed by atoms with van der Waals surface area (Å²) in [5.74, 6) is 0.893. The number of halogens is 3. The molecule has 1 fully saturated rings. The molecule has 1 saturated heterocycles. The number of likely N-dealkylation sites (tertiary alicyclic amines) is 1. The van der Waals surface area contributed by atoms with E-state index in [1.807, 2.05) is 13.0 Å². The standard InChI is InChI=1S/C19H19F3N4OS/c1-12-9-16(27-24-12)18-17(23-25-28-18)14-3-2-8-26(11-14)10-13-4-6-15(7-5-13)19(20,21)22/h4-7,9,14H,2-3,8,10-11H2,1H3/t14-/m1/s1. The molecule has 3 aromatic rings. The van der Waals surface area contributed by atoms with E-state index in [-0.39, 0.29) is 5.92 Å². The van der Waals surface area contributed by atoms with Gasteiger partial charge in [0, 0.05) is 25.1 Å². The largest absolute Gasteiger partial charge is 0.416 e. The quantitative estimate of drug-likeness (QED) is 0.615. The van der Waals surface area contributed by atoms with Crippen molar-refractivity contribution >= 4 is 11.5 Å². The summed E-state index contributed by atoms with van der Waals surface area (Å²) in [5, 5.41) is 8.27. The first-order chi connectivity index (χ1) is 13.4. The van der Waals surface area contributed by atoms with Gasteiger partial charge in [-0.05, 0) is 55.5 Å². The number of rotatable bonds is 4. The van der Waals surface area contributed by atoms with Crippen LogP contribution in [0.25, 0.3) is 10.6 Å². The molecule has 0 spiro atoms. The molecule has 1 aliphatic rings. The topological polar surface area (TPSA) is 55.1 Å². The highest BCUT2D eigenvalue weighted by atomic mass is 32.1. The maximum absolute atomic E-state index is 12.7. The molecule has 2 aromatic heterocycles. The number of aryl methyl sites for hydroxylation is 1. The number of hydrogen-bond donors (Lipinski definition) is 0. The van der Waals surface area contributed by atoms with Crippen LogP contribution in [0.15, 0.2) is 34.9 Å². The molecule has 1 aliphatic heterocycles. The van der Waals surface area contributed by atoms with Gasteiger partial charge in [0.15, 0.2) is 5.76 Å². The molecule has 0 unspecified atom stereocenters. The first kappa shape index (κ1) is 19.1. The normalized spacial score (nSPS) is 18.5. The Balaban J connectivity index is 1.46. The van der Waals surface area contributed by atoms with Crippen LogP contribution in [0.4, 0.5) is 13.2 Å². The van der Waals surface area contributed by atoms with Gasteiger partial charge in [0.2, 0.25) is 0 Å². The van der Waals surface area contributed by atoms with Crippen LogP contribution in [-0.4, -0.2) is 32.7 Å². The van der Waals surface area contributed by atoms with Crippen molar-refractivity contribution in [2.45, 2.75) is 38.4 Å². The monoisotopic (exact) mass is 408 g/mol. The van der Waals surface area contributed by atoms with E-state index in [9.17, 15) is 13.2 Å². The Morgan fingerprint density at radius 2 is 2.04 bits per heavy atom. The molecule has 0 saturated carbocycles. The van der Waals surface area contributed by atoms with Crippen molar-refractivity contribution in [3.63, 3.8) is 0 Å². The van der Waals surface area contributed by atoms with Gasteiger partial charge < -0.3 is 4.52 Å². The molecule has 148 valence electrons. The highest BCUT2D eigenvalue weighted by Crippen LogP contribution is 2.36. The Labute approximate surface area is 164 Å². The van der Waals surface area contributed by atoms with E-state index in [4.69, 9.17) is 4.52 Å². The van der Waals surface area contributed by atoms with Gasteiger partial charge in [0.05, 0.1) is 17.0 Å². The fraction of sp³-hybridized carbons (Fsp3) is 0.421. The van der Waals surface area contributed by atoms with Gasteiger partial charge in [-0.2, -0.15) is 13.2 Å². The summed E-state index contributed by atoms with van der Waals surface area (Å²) in [6.07, 6.45) is -2.31. The first-order valence-corrected chi connectivity index (χ1v) is 9.82. The Morgan fingerprint density at radius 1 is 1.25 bits per heavy atom. The predicted octanol–water partition coefficient (Wildman–Crippen LogP) is 4.90. The second-order valence-corrected chi connectivity index (χ2v) is 7.84. The van der Waals surface area contributed by atoms with E-state index in [1.165, 1.54) is 11.5 Å². The Bertz CT molecular complexity index is 935. The molecule has 28 heavy (non-hydrogen) atoms. The average molecular weight is 408 g/mol. The van der Waals surface area contributed by atoms with Crippen molar-refractivity contribution in [2.75, 3.05) is 13.1 Å². The fourth-order valence-electron chi connectivity index (χ4n) is 3.59. The van der Waals surface area contributed by atoms with Gasteiger partial charge in [-0.15, -0.1) is 5.10 Å². The van der Waals surface area contributed by atoms with Crippen LogP contribution >= 0.6 is 11.5 Å². The highest BCUT2D eigenvalue weighted by molar-refractivity contribution is 7.09. The molecule has 1 atom stereocenters. The second-order valence-electron chi connectivity index (χ2n) is 7.09. The van der Waals surface area contributed by atoms with Crippen LogP contribution in [0.2, 0.25) is 0 Å². The molecule has 9 heteroatoms. The van der Waals surface area contributed by atoms with E-state index in [1.54, 1.807) is 12.1 Å². The number of alkyl halides is 3. The van der Waals surface area contributed by atoms with Crippen molar-refractivity contribution in [2.24, 2.45) is 0 Å².